The van der Waals surface area contributed by atoms with Crippen molar-refractivity contribution in [3.63, 3.8) is 0 Å². The molecule has 1 N–H and O–H groups in total. The van der Waals surface area contributed by atoms with Crippen molar-refractivity contribution in [2.75, 3.05) is 13.7 Å². The Balaban J connectivity index is 2.08. The van der Waals surface area contributed by atoms with E-state index < -0.39 is 0 Å². The average molecular weight is 323 g/mol. The van der Waals surface area contributed by atoms with Crippen molar-refractivity contribution in [1.29, 1.82) is 0 Å². The van der Waals surface area contributed by atoms with Gasteiger partial charge in [-0.3, -0.25) is 19.5 Å². The Morgan fingerprint density at radius 2 is 1.83 bits per heavy atom. The molecule has 1 aromatic heterocycles. The number of rotatable bonds is 5. The van der Waals surface area contributed by atoms with Crippen LogP contribution in [0, 0.1) is 0 Å². The van der Waals surface area contributed by atoms with Gasteiger partial charge >= 0.3 is 5.97 Å². The number of fused-ring (bicyclic) bond motifs is 1. The Bertz CT molecular complexity index is 920. The van der Waals surface area contributed by atoms with Crippen LogP contribution in [0.5, 0.6) is 0 Å². The van der Waals surface area contributed by atoms with Crippen molar-refractivity contribution in [1.82, 2.24) is 14.9 Å². The molecule has 1 heterocycles. The molecule has 0 atom stereocenters. The van der Waals surface area contributed by atoms with Gasteiger partial charge in [0.15, 0.2) is 0 Å². The second-order valence-electron chi connectivity index (χ2n) is 5.20. The zero-order valence-electron chi connectivity index (χ0n) is 13.2. The number of methoxy groups -OCH3 is 1. The first kappa shape index (κ1) is 15.9. The van der Waals surface area contributed by atoms with Crippen LogP contribution in [-0.2, 0) is 16.1 Å². The van der Waals surface area contributed by atoms with Gasteiger partial charge in [-0.25, -0.2) is 4.98 Å². The van der Waals surface area contributed by atoms with Gasteiger partial charge in [0.25, 0.3) is 5.56 Å². The third kappa shape index (κ3) is 3.18. The molecular weight excluding hydrogens is 306 g/mol. The van der Waals surface area contributed by atoms with Gasteiger partial charge in [0.05, 0.1) is 36.8 Å². The highest BCUT2D eigenvalue weighted by molar-refractivity contribution is 5.77. The lowest BCUT2D eigenvalue weighted by molar-refractivity contribution is -0.139. The van der Waals surface area contributed by atoms with Crippen LogP contribution in [0.25, 0.3) is 16.6 Å². The number of benzene rings is 2. The van der Waals surface area contributed by atoms with Crippen LogP contribution in [0.2, 0.25) is 0 Å². The van der Waals surface area contributed by atoms with Crippen LogP contribution in [0.15, 0.2) is 59.4 Å². The van der Waals surface area contributed by atoms with Crippen LogP contribution < -0.4 is 10.9 Å². The van der Waals surface area contributed by atoms with Gasteiger partial charge in [0.2, 0.25) is 0 Å². The summed E-state index contributed by atoms with van der Waals surface area (Å²) in [5.41, 5.74) is 1.22. The maximum atomic E-state index is 12.9. The molecule has 0 aliphatic carbocycles. The van der Waals surface area contributed by atoms with E-state index in [1.54, 1.807) is 16.7 Å². The van der Waals surface area contributed by atoms with E-state index in [4.69, 9.17) is 0 Å². The summed E-state index contributed by atoms with van der Waals surface area (Å²) in [6.07, 6.45) is 0. The third-order valence-electron chi connectivity index (χ3n) is 3.64. The molecule has 6 heteroatoms. The van der Waals surface area contributed by atoms with E-state index in [0.717, 1.165) is 5.69 Å². The van der Waals surface area contributed by atoms with Crippen molar-refractivity contribution in [2.24, 2.45) is 0 Å². The molecule has 0 fully saturated rings. The van der Waals surface area contributed by atoms with Crippen molar-refractivity contribution >= 4 is 16.9 Å². The number of para-hydroxylation sites is 2. The molecule has 0 unspecified atom stereocenters. The summed E-state index contributed by atoms with van der Waals surface area (Å²) in [5.74, 6) is 0.165. The van der Waals surface area contributed by atoms with Crippen molar-refractivity contribution in [3.8, 4) is 5.69 Å². The zero-order valence-corrected chi connectivity index (χ0v) is 13.2. The highest BCUT2D eigenvalue weighted by Gasteiger charge is 2.12. The zero-order chi connectivity index (χ0) is 16.9. The fraction of sp³-hybridized carbons (Fsp3) is 0.167. The second-order valence-corrected chi connectivity index (χ2v) is 5.20. The molecule has 6 nitrogen and oxygen atoms in total. The van der Waals surface area contributed by atoms with Gasteiger partial charge < -0.3 is 4.74 Å². The number of esters is 1. The van der Waals surface area contributed by atoms with E-state index in [2.05, 4.69) is 15.0 Å². The molecule has 3 aromatic rings. The first-order valence-corrected chi connectivity index (χ1v) is 7.54. The minimum Gasteiger partial charge on any atom is -0.468 e. The molecular formula is C18H17N3O3. The summed E-state index contributed by atoms with van der Waals surface area (Å²) < 4.78 is 6.17. The standard InChI is InChI=1S/C18H17N3O3/c1-24-17(22)12-19-11-16-20-15-10-6-5-9-14(15)18(23)21(16)13-7-3-2-4-8-13/h2-10,19H,11-12H2,1H3. The van der Waals surface area contributed by atoms with Crippen molar-refractivity contribution < 1.29 is 9.53 Å². The molecule has 0 saturated heterocycles. The molecule has 24 heavy (non-hydrogen) atoms. The molecule has 0 bridgehead atoms. The predicted octanol–water partition coefficient (Wildman–Crippen LogP) is 1.65. The lowest BCUT2D eigenvalue weighted by atomic mass is 10.2. The Morgan fingerprint density at radius 1 is 1.12 bits per heavy atom. The van der Waals surface area contributed by atoms with E-state index in [9.17, 15) is 9.59 Å². The normalized spacial score (nSPS) is 10.7. The molecule has 0 aliphatic rings. The summed E-state index contributed by atoms with van der Waals surface area (Å²) in [7, 11) is 1.33. The fourth-order valence-electron chi connectivity index (χ4n) is 2.49. The number of carbonyl (C=O) groups is 1. The minimum absolute atomic E-state index is 0.0496. The first-order valence-electron chi connectivity index (χ1n) is 7.54. The number of hydrogen-bond acceptors (Lipinski definition) is 5. The minimum atomic E-state index is -0.371. The first-order chi connectivity index (χ1) is 11.7. The average Bonchev–Trinajstić information content (AvgIpc) is 2.62. The number of aromatic nitrogens is 2. The van der Waals surface area contributed by atoms with Gasteiger partial charge in [-0.1, -0.05) is 30.3 Å². The Morgan fingerprint density at radius 3 is 2.58 bits per heavy atom. The van der Waals surface area contributed by atoms with Gasteiger partial charge in [-0.15, -0.1) is 0 Å². The van der Waals surface area contributed by atoms with E-state index >= 15 is 0 Å². The summed E-state index contributed by atoms with van der Waals surface area (Å²) in [6, 6.07) is 16.5. The van der Waals surface area contributed by atoms with E-state index in [1.165, 1.54) is 7.11 Å². The van der Waals surface area contributed by atoms with Gasteiger partial charge in [-0.05, 0) is 24.3 Å². The summed E-state index contributed by atoms with van der Waals surface area (Å²) in [5, 5.41) is 3.51. The molecule has 0 amide bonds. The van der Waals surface area contributed by atoms with Crippen LogP contribution >= 0.6 is 0 Å². The largest absolute Gasteiger partial charge is 0.468 e. The number of hydrogen-bond donors (Lipinski definition) is 1. The molecule has 3 rings (SSSR count). The second kappa shape index (κ2) is 7.06. The van der Waals surface area contributed by atoms with Crippen molar-refractivity contribution in [2.45, 2.75) is 6.54 Å². The third-order valence-corrected chi connectivity index (χ3v) is 3.64. The SMILES string of the molecule is COC(=O)CNCc1nc2ccccc2c(=O)n1-c1ccccc1. The van der Waals surface area contributed by atoms with Crippen LogP contribution in [0.1, 0.15) is 5.82 Å². The summed E-state index contributed by atoms with van der Waals surface area (Å²) in [6.45, 7) is 0.318. The van der Waals surface area contributed by atoms with Crippen LogP contribution in [-0.4, -0.2) is 29.2 Å². The Labute approximate surface area is 138 Å². The fourth-order valence-corrected chi connectivity index (χ4v) is 2.49. The Hall–Kier alpha value is -2.99. The topological polar surface area (TPSA) is 73.2 Å². The lowest BCUT2D eigenvalue weighted by Crippen LogP contribution is -2.30. The predicted molar refractivity (Wildman–Crippen MR) is 91.1 cm³/mol. The Kier molecular flexibility index (Phi) is 4.67. The highest BCUT2D eigenvalue weighted by atomic mass is 16.5. The van der Waals surface area contributed by atoms with Crippen LogP contribution in [0.4, 0.5) is 0 Å². The molecule has 0 saturated carbocycles. The number of nitrogens with zero attached hydrogens (tertiary/aromatic N) is 2. The number of carbonyl (C=O) groups excluding carboxylic acids is 1. The van der Waals surface area contributed by atoms with Gasteiger partial charge in [-0.2, -0.15) is 0 Å². The quantitative estimate of drug-likeness (QED) is 0.723. The number of nitrogens with one attached hydrogen (secondary N) is 1. The van der Waals surface area contributed by atoms with E-state index in [-0.39, 0.29) is 24.6 Å². The lowest BCUT2D eigenvalue weighted by Gasteiger charge is -2.14. The molecule has 122 valence electrons. The van der Waals surface area contributed by atoms with Crippen LogP contribution in [0.3, 0.4) is 0 Å². The van der Waals surface area contributed by atoms with E-state index in [0.29, 0.717) is 16.7 Å². The summed E-state index contributed by atoms with van der Waals surface area (Å²) >= 11 is 0. The van der Waals surface area contributed by atoms with Gasteiger partial charge in [0.1, 0.15) is 5.82 Å². The molecule has 0 aliphatic heterocycles. The van der Waals surface area contributed by atoms with Crippen molar-refractivity contribution in [3.05, 3.63) is 70.8 Å². The number of ether oxygens (including phenoxy) is 1. The van der Waals surface area contributed by atoms with Gasteiger partial charge in [0, 0.05) is 0 Å². The summed E-state index contributed by atoms with van der Waals surface area (Å²) in [4.78, 5) is 28.8. The molecule has 0 radical (unpaired) electrons. The maximum absolute atomic E-state index is 12.9. The maximum Gasteiger partial charge on any atom is 0.319 e. The van der Waals surface area contributed by atoms with E-state index in [1.807, 2.05) is 42.5 Å². The monoisotopic (exact) mass is 323 g/mol. The highest BCUT2D eigenvalue weighted by Crippen LogP contribution is 2.12. The molecule has 2 aromatic carbocycles. The smallest absolute Gasteiger partial charge is 0.319 e. The molecule has 0 spiro atoms.